The molecule has 0 amide bonds. The molecule has 5 rings (SSSR count). The number of nitrogens with one attached hydrogen (secondary N) is 1. The lowest BCUT2D eigenvalue weighted by molar-refractivity contribution is 0.158. The lowest BCUT2D eigenvalue weighted by Crippen LogP contribution is -2.48. The van der Waals surface area contributed by atoms with Crippen LogP contribution in [0.4, 0.5) is 5.82 Å². The molecule has 6 nitrogen and oxygen atoms in total. The second-order valence-corrected chi connectivity index (χ2v) is 11.0. The Balaban J connectivity index is 1.32. The van der Waals surface area contributed by atoms with Gasteiger partial charge in [-0.2, -0.15) is 9.61 Å². The maximum atomic E-state index is 6.82. The van der Waals surface area contributed by atoms with E-state index in [1.165, 1.54) is 5.56 Å². The smallest absolute Gasteiger partial charge is 0.165 e. The zero-order valence-electron chi connectivity index (χ0n) is 21.6. The van der Waals surface area contributed by atoms with Gasteiger partial charge in [0, 0.05) is 36.0 Å². The van der Waals surface area contributed by atoms with E-state index in [0.717, 1.165) is 66.5 Å². The molecule has 37 heavy (non-hydrogen) atoms. The van der Waals surface area contributed by atoms with Crippen molar-refractivity contribution in [2.24, 2.45) is 11.7 Å². The summed E-state index contributed by atoms with van der Waals surface area (Å²) in [4.78, 5) is 7.33. The van der Waals surface area contributed by atoms with Crippen LogP contribution < -0.4 is 11.1 Å². The van der Waals surface area contributed by atoms with Gasteiger partial charge in [-0.1, -0.05) is 59.6 Å². The van der Waals surface area contributed by atoms with Crippen molar-refractivity contribution < 1.29 is 0 Å². The fourth-order valence-electron chi connectivity index (χ4n) is 5.45. The number of halogens is 2. The van der Waals surface area contributed by atoms with Gasteiger partial charge in [-0.05, 0) is 70.3 Å². The molecule has 0 radical (unpaired) electrons. The van der Waals surface area contributed by atoms with Crippen molar-refractivity contribution in [3.8, 4) is 11.1 Å². The first kappa shape index (κ1) is 26.0. The van der Waals surface area contributed by atoms with Crippen LogP contribution in [0, 0.1) is 19.8 Å². The molecule has 1 fully saturated rings. The number of hydrogen-bond acceptors (Lipinski definition) is 5. The Bertz CT molecular complexity index is 1360. The van der Waals surface area contributed by atoms with Gasteiger partial charge < -0.3 is 11.1 Å². The van der Waals surface area contributed by atoms with E-state index >= 15 is 0 Å². The minimum absolute atomic E-state index is 0.0246. The van der Waals surface area contributed by atoms with Crippen molar-refractivity contribution in [1.29, 1.82) is 0 Å². The van der Waals surface area contributed by atoms with E-state index in [4.69, 9.17) is 39.0 Å². The average molecular weight is 538 g/mol. The first-order chi connectivity index (χ1) is 17.8. The summed E-state index contributed by atoms with van der Waals surface area (Å²) in [5.41, 5.74) is 12.2. The number of anilines is 1. The fraction of sp³-hybridized carbons (Fsp3) is 0.379. The van der Waals surface area contributed by atoms with Crippen molar-refractivity contribution >= 4 is 34.7 Å². The highest BCUT2D eigenvalue weighted by Gasteiger charge is 2.28. The summed E-state index contributed by atoms with van der Waals surface area (Å²) in [6, 6.07) is 18.3. The van der Waals surface area contributed by atoms with Crippen molar-refractivity contribution in [3.05, 3.63) is 81.6 Å². The number of benzene rings is 2. The van der Waals surface area contributed by atoms with E-state index in [0.29, 0.717) is 16.0 Å². The predicted octanol–water partition coefficient (Wildman–Crippen LogP) is 6.36. The van der Waals surface area contributed by atoms with E-state index in [9.17, 15) is 0 Å². The van der Waals surface area contributed by atoms with Gasteiger partial charge in [0.2, 0.25) is 0 Å². The Kier molecular flexibility index (Phi) is 7.72. The summed E-state index contributed by atoms with van der Waals surface area (Å²) in [6.07, 6.45) is 2.20. The van der Waals surface area contributed by atoms with Gasteiger partial charge in [0.15, 0.2) is 5.65 Å². The highest BCUT2D eigenvalue weighted by molar-refractivity contribution is 6.39. The number of nitrogens with two attached hydrogens (primary N) is 1. The summed E-state index contributed by atoms with van der Waals surface area (Å²) < 4.78 is 1.85. The van der Waals surface area contributed by atoms with Gasteiger partial charge in [-0.25, -0.2) is 4.98 Å². The van der Waals surface area contributed by atoms with Crippen LogP contribution in [0.1, 0.15) is 36.7 Å². The number of aromatic nitrogens is 3. The second kappa shape index (κ2) is 11.0. The Morgan fingerprint density at radius 2 is 1.68 bits per heavy atom. The van der Waals surface area contributed by atoms with Crippen molar-refractivity contribution in [2.45, 2.75) is 52.2 Å². The molecule has 3 N–H and O–H groups in total. The number of rotatable bonds is 7. The van der Waals surface area contributed by atoms with Gasteiger partial charge in [-0.3, -0.25) is 4.90 Å². The summed E-state index contributed by atoms with van der Waals surface area (Å²) in [7, 11) is 0. The molecule has 194 valence electrons. The molecule has 2 aromatic heterocycles. The van der Waals surface area contributed by atoms with Crippen LogP contribution in [0.25, 0.3) is 16.8 Å². The van der Waals surface area contributed by atoms with E-state index in [2.05, 4.69) is 47.5 Å². The Labute approximate surface area is 228 Å². The number of piperidine rings is 1. The maximum Gasteiger partial charge on any atom is 0.165 e. The largest absolute Gasteiger partial charge is 0.366 e. The molecule has 2 unspecified atom stereocenters. The first-order valence-corrected chi connectivity index (χ1v) is 13.7. The van der Waals surface area contributed by atoms with Crippen molar-refractivity contribution in [2.75, 3.05) is 18.4 Å². The molecule has 0 saturated carbocycles. The molecule has 1 aliphatic heterocycles. The quantitative estimate of drug-likeness (QED) is 0.287. The average Bonchev–Trinajstić information content (AvgIpc) is 3.20. The van der Waals surface area contributed by atoms with Gasteiger partial charge in [0.25, 0.3) is 0 Å². The van der Waals surface area contributed by atoms with Crippen molar-refractivity contribution in [3.63, 3.8) is 0 Å². The molecule has 0 aliphatic carbocycles. The van der Waals surface area contributed by atoms with Crippen LogP contribution in [0.3, 0.4) is 0 Å². The third kappa shape index (κ3) is 5.48. The SMILES string of the molecule is Cc1cc(NC(C)C(N)C2CCN(Cc3ccccc3)CC2)n2nc(C)c(-c3c(Cl)cccc3Cl)c2n1. The van der Waals surface area contributed by atoms with Crippen LogP contribution in [0.15, 0.2) is 54.6 Å². The number of hydrogen-bond donors (Lipinski definition) is 2. The Morgan fingerprint density at radius 3 is 2.35 bits per heavy atom. The minimum atomic E-state index is 0.0246. The van der Waals surface area contributed by atoms with Crippen LogP contribution in [-0.4, -0.2) is 44.7 Å². The standard InChI is InChI=1S/C29H34Cl2N6/c1-18-16-25(37-29(33-18)26(19(2)35-37)27-23(30)10-7-11-24(27)31)34-20(3)28(32)22-12-14-36(15-13-22)17-21-8-5-4-6-9-21/h4-11,16,20,22,28,34H,12-15,17,32H2,1-3H3. The lowest BCUT2D eigenvalue weighted by atomic mass is 9.86. The molecule has 1 aliphatic rings. The predicted molar refractivity (Wildman–Crippen MR) is 153 cm³/mol. The number of aryl methyl sites for hydroxylation is 2. The van der Waals surface area contributed by atoms with Crippen LogP contribution in [0.5, 0.6) is 0 Å². The van der Waals surface area contributed by atoms with Crippen LogP contribution in [-0.2, 0) is 6.54 Å². The van der Waals surface area contributed by atoms with Crippen LogP contribution in [0.2, 0.25) is 10.0 Å². The highest BCUT2D eigenvalue weighted by Crippen LogP contribution is 2.39. The second-order valence-electron chi connectivity index (χ2n) is 10.2. The van der Waals surface area contributed by atoms with E-state index in [1.54, 1.807) is 0 Å². The summed E-state index contributed by atoms with van der Waals surface area (Å²) >= 11 is 13.1. The number of likely N-dealkylation sites (tertiary alicyclic amines) is 1. The Morgan fingerprint density at radius 1 is 1.00 bits per heavy atom. The molecule has 0 bridgehead atoms. The maximum absolute atomic E-state index is 6.82. The highest BCUT2D eigenvalue weighted by atomic mass is 35.5. The zero-order chi connectivity index (χ0) is 26.1. The van der Waals surface area contributed by atoms with Gasteiger partial charge in [0.05, 0.1) is 21.3 Å². The van der Waals surface area contributed by atoms with E-state index < -0.39 is 0 Å². The monoisotopic (exact) mass is 536 g/mol. The third-order valence-corrected chi connectivity index (χ3v) is 8.11. The molecule has 4 aromatic rings. The van der Waals surface area contributed by atoms with Gasteiger partial charge in [0.1, 0.15) is 5.82 Å². The zero-order valence-corrected chi connectivity index (χ0v) is 23.1. The van der Waals surface area contributed by atoms with Crippen LogP contribution >= 0.6 is 23.2 Å². The Hall–Kier alpha value is -2.64. The van der Waals surface area contributed by atoms with Gasteiger partial charge in [-0.15, -0.1) is 0 Å². The van der Waals surface area contributed by atoms with E-state index in [1.807, 2.05) is 42.6 Å². The summed E-state index contributed by atoms with van der Waals surface area (Å²) in [6.45, 7) is 9.24. The molecular formula is C29H34Cl2N6. The normalized spacial score (nSPS) is 16.7. The molecule has 3 heterocycles. The molecule has 0 spiro atoms. The molecule has 2 atom stereocenters. The van der Waals surface area contributed by atoms with Gasteiger partial charge >= 0.3 is 0 Å². The van der Waals surface area contributed by atoms with E-state index in [-0.39, 0.29) is 12.1 Å². The lowest BCUT2D eigenvalue weighted by Gasteiger charge is -2.37. The minimum Gasteiger partial charge on any atom is -0.366 e. The van der Waals surface area contributed by atoms with Crippen molar-refractivity contribution in [1.82, 2.24) is 19.5 Å². The molecule has 2 aromatic carbocycles. The first-order valence-electron chi connectivity index (χ1n) is 12.9. The summed E-state index contributed by atoms with van der Waals surface area (Å²) in [5.74, 6) is 1.33. The summed E-state index contributed by atoms with van der Waals surface area (Å²) in [5, 5.41) is 9.63. The third-order valence-electron chi connectivity index (χ3n) is 7.48. The molecule has 8 heteroatoms. The molecular weight excluding hydrogens is 503 g/mol. The fourth-order valence-corrected chi connectivity index (χ4v) is 6.04. The number of nitrogens with zero attached hydrogens (tertiary/aromatic N) is 4. The number of fused-ring (bicyclic) bond motifs is 1. The molecule has 1 saturated heterocycles. The topological polar surface area (TPSA) is 71.5 Å².